The monoisotopic (exact) mass is 461 g/mol. The summed E-state index contributed by atoms with van der Waals surface area (Å²) in [7, 11) is 0. The number of hydrogen-bond donors (Lipinski definition) is 2. The molecule has 33 heavy (non-hydrogen) atoms. The zero-order chi connectivity index (χ0) is 22.2. The summed E-state index contributed by atoms with van der Waals surface area (Å²) in [6.45, 7) is 0.711. The fourth-order valence-electron chi connectivity index (χ4n) is 4.65. The zero-order valence-electron chi connectivity index (χ0n) is 18.4. The van der Waals surface area contributed by atoms with E-state index in [2.05, 4.69) is 52.6 Å². The first kappa shape index (κ1) is 20.4. The number of rotatable bonds is 7. The molecule has 0 bridgehead atoms. The predicted molar refractivity (Wildman–Crippen MR) is 129 cm³/mol. The van der Waals surface area contributed by atoms with Gasteiger partial charge in [0.25, 0.3) is 0 Å². The van der Waals surface area contributed by atoms with Crippen LogP contribution < -0.4 is 10.2 Å². The van der Waals surface area contributed by atoms with Crippen molar-refractivity contribution >= 4 is 35.2 Å². The molecule has 8 nitrogen and oxygen atoms in total. The second kappa shape index (κ2) is 8.62. The van der Waals surface area contributed by atoms with Crippen LogP contribution in [0.15, 0.2) is 60.0 Å². The highest BCUT2D eigenvalue weighted by Crippen LogP contribution is 2.37. The molecule has 0 radical (unpaired) electrons. The molecular weight excluding hydrogens is 434 g/mol. The third-order valence-corrected chi connectivity index (χ3v) is 7.45. The van der Waals surface area contributed by atoms with Crippen LogP contribution in [0.4, 0.5) is 11.5 Å². The van der Waals surface area contributed by atoms with Gasteiger partial charge in [0.15, 0.2) is 0 Å². The van der Waals surface area contributed by atoms with Gasteiger partial charge in [0.1, 0.15) is 17.5 Å². The maximum absolute atomic E-state index is 12.0. The molecule has 2 fully saturated rings. The molecule has 3 heterocycles. The van der Waals surface area contributed by atoms with E-state index in [4.69, 9.17) is 0 Å². The topological polar surface area (TPSA) is 82.1 Å². The lowest BCUT2D eigenvalue weighted by molar-refractivity contribution is -0.117. The molecule has 6 rings (SSSR count). The third-order valence-electron chi connectivity index (χ3n) is 6.50. The molecular formula is C24H27N7OS. The number of fused-ring (bicyclic) bond motifs is 1. The highest BCUT2D eigenvalue weighted by Gasteiger charge is 2.31. The highest BCUT2D eigenvalue weighted by atomic mass is 32.2. The number of carbonyl (C=O) groups excluding carboxylic acids is 1. The SMILES string of the molecule is O=C(Nc1ccc(SN2C=C(N(c3ccn[nH]3)C3CCCC3)n3ccnc3C2)cc1)C1CC1. The summed E-state index contributed by atoms with van der Waals surface area (Å²) in [6, 6.07) is 10.6. The number of hydrogen-bond acceptors (Lipinski definition) is 6. The molecule has 1 amide bonds. The summed E-state index contributed by atoms with van der Waals surface area (Å²) in [4.78, 5) is 20.1. The molecule has 3 aromatic rings. The average Bonchev–Trinajstić information content (AvgIpc) is 3.22. The van der Waals surface area contributed by atoms with Crippen LogP contribution in [0.25, 0.3) is 5.82 Å². The Labute approximate surface area is 197 Å². The van der Waals surface area contributed by atoms with Crippen LogP contribution in [0.3, 0.4) is 0 Å². The molecule has 0 saturated heterocycles. The third kappa shape index (κ3) is 4.25. The van der Waals surface area contributed by atoms with Crippen LogP contribution in [0.1, 0.15) is 44.3 Å². The van der Waals surface area contributed by atoms with Gasteiger partial charge in [-0.1, -0.05) is 12.8 Å². The van der Waals surface area contributed by atoms with Gasteiger partial charge in [-0.2, -0.15) is 5.10 Å². The van der Waals surface area contributed by atoms with E-state index in [1.54, 1.807) is 11.9 Å². The lowest BCUT2D eigenvalue weighted by atomic mass is 10.2. The summed E-state index contributed by atoms with van der Waals surface area (Å²) in [5.41, 5.74) is 0.855. The number of carbonyl (C=O) groups is 1. The van der Waals surface area contributed by atoms with E-state index in [1.807, 2.05) is 36.8 Å². The second-order valence-electron chi connectivity index (χ2n) is 8.91. The normalized spacial score (nSPS) is 18.2. The van der Waals surface area contributed by atoms with Crippen molar-refractivity contribution in [1.82, 2.24) is 24.1 Å². The van der Waals surface area contributed by atoms with Gasteiger partial charge in [0.2, 0.25) is 5.91 Å². The van der Waals surface area contributed by atoms with Crippen molar-refractivity contribution in [3.05, 3.63) is 60.9 Å². The Hall–Kier alpha value is -3.20. The summed E-state index contributed by atoms with van der Waals surface area (Å²) >= 11 is 1.68. The number of H-pyrrole nitrogens is 1. The van der Waals surface area contributed by atoms with E-state index in [9.17, 15) is 4.79 Å². The van der Waals surface area contributed by atoms with Crippen molar-refractivity contribution in [1.29, 1.82) is 0 Å². The predicted octanol–water partition coefficient (Wildman–Crippen LogP) is 4.68. The zero-order valence-corrected chi connectivity index (χ0v) is 19.2. The number of imidazole rings is 1. The van der Waals surface area contributed by atoms with Gasteiger partial charge in [0.05, 0.1) is 18.9 Å². The quantitative estimate of drug-likeness (QED) is 0.497. The molecule has 2 aromatic heterocycles. The molecule has 0 unspecified atom stereocenters. The van der Waals surface area contributed by atoms with Gasteiger partial charge in [-0.25, -0.2) is 4.98 Å². The number of benzene rings is 1. The van der Waals surface area contributed by atoms with Gasteiger partial charge in [-0.3, -0.25) is 14.5 Å². The Morgan fingerprint density at radius 3 is 2.64 bits per heavy atom. The molecule has 9 heteroatoms. The molecule has 170 valence electrons. The summed E-state index contributed by atoms with van der Waals surface area (Å²) in [5, 5.41) is 10.4. The lowest BCUT2D eigenvalue weighted by Gasteiger charge is -2.36. The van der Waals surface area contributed by atoms with E-state index in [0.717, 1.165) is 40.9 Å². The Kier molecular flexibility index (Phi) is 5.33. The molecule has 2 N–H and O–H groups in total. The van der Waals surface area contributed by atoms with Crippen LogP contribution in [-0.4, -0.2) is 36.0 Å². The number of anilines is 2. The largest absolute Gasteiger partial charge is 0.326 e. The van der Waals surface area contributed by atoms with Gasteiger partial charge < -0.3 is 14.5 Å². The molecule has 1 aromatic carbocycles. The van der Waals surface area contributed by atoms with E-state index in [0.29, 0.717) is 12.6 Å². The van der Waals surface area contributed by atoms with Crippen molar-refractivity contribution < 1.29 is 4.79 Å². The van der Waals surface area contributed by atoms with Gasteiger partial charge >= 0.3 is 0 Å². The van der Waals surface area contributed by atoms with Crippen LogP contribution in [0.2, 0.25) is 0 Å². The second-order valence-corrected chi connectivity index (χ2v) is 10.0. The minimum absolute atomic E-state index is 0.136. The molecule has 0 spiro atoms. The summed E-state index contributed by atoms with van der Waals surface area (Å²) in [6.07, 6.45) is 14.8. The van der Waals surface area contributed by atoms with Crippen LogP contribution in [0, 0.1) is 5.92 Å². The van der Waals surface area contributed by atoms with Crippen molar-refractivity contribution in [3.63, 3.8) is 0 Å². The summed E-state index contributed by atoms with van der Waals surface area (Å²) in [5.74, 6) is 3.45. The van der Waals surface area contributed by atoms with E-state index in [1.165, 1.54) is 25.7 Å². The molecule has 2 aliphatic carbocycles. The standard InChI is InChI=1S/C24H27N7OS/c32-24(17-5-6-17)27-18-7-9-20(10-8-18)33-29-15-22-25-13-14-30(22)23(16-29)31(19-3-1-2-4-19)21-11-12-26-28-21/h7-14,16-17,19H,1-6,15H2,(H,26,28)(H,27,32). The first-order valence-corrected chi connectivity index (χ1v) is 12.4. The van der Waals surface area contributed by atoms with Crippen molar-refractivity contribution in [3.8, 4) is 0 Å². The number of nitrogens with one attached hydrogen (secondary N) is 2. The van der Waals surface area contributed by atoms with Crippen LogP contribution in [0.5, 0.6) is 0 Å². The van der Waals surface area contributed by atoms with Crippen molar-refractivity contribution in [2.24, 2.45) is 5.92 Å². The van der Waals surface area contributed by atoms with Crippen molar-refractivity contribution in [2.45, 2.75) is 56.0 Å². The number of amides is 1. The Morgan fingerprint density at radius 2 is 1.91 bits per heavy atom. The average molecular weight is 462 g/mol. The Bertz CT molecular complexity index is 1140. The van der Waals surface area contributed by atoms with E-state index < -0.39 is 0 Å². The van der Waals surface area contributed by atoms with Gasteiger partial charge in [0, 0.05) is 41.0 Å². The number of aromatic amines is 1. The number of aromatic nitrogens is 4. The van der Waals surface area contributed by atoms with Crippen LogP contribution >= 0.6 is 11.9 Å². The van der Waals surface area contributed by atoms with Gasteiger partial charge in [-0.05, 0) is 61.9 Å². The highest BCUT2D eigenvalue weighted by molar-refractivity contribution is 7.97. The fraction of sp³-hybridized carbons (Fsp3) is 0.375. The van der Waals surface area contributed by atoms with Gasteiger partial charge in [-0.15, -0.1) is 0 Å². The minimum Gasteiger partial charge on any atom is -0.326 e. The Morgan fingerprint density at radius 1 is 1.09 bits per heavy atom. The first-order valence-electron chi connectivity index (χ1n) is 11.6. The lowest BCUT2D eigenvalue weighted by Crippen LogP contribution is -2.37. The number of nitrogens with zero attached hydrogens (tertiary/aromatic N) is 5. The fourth-order valence-corrected chi connectivity index (χ4v) is 5.51. The molecule has 0 atom stereocenters. The van der Waals surface area contributed by atoms with Crippen molar-refractivity contribution in [2.75, 3.05) is 10.2 Å². The maximum atomic E-state index is 12.0. The Balaban J connectivity index is 1.25. The maximum Gasteiger partial charge on any atom is 0.227 e. The van der Waals surface area contributed by atoms with E-state index >= 15 is 0 Å². The molecule has 3 aliphatic rings. The minimum atomic E-state index is 0.136. The first-order chi connectivity index (χ1) is 16.2. The molecule has 2 saturated carbocycles. The smallest absolute Gasteiger partial charge is 0.227 e. The molecule has 1 aliphatic heterocycles. The summed E-state index contributed by atoms with van der Waals surface area (Å²) < 4.78 is 4.42. The van der Waals surface area contributed by atoms with Crippen LogP contribution in [-0.2, 0) is 11.3 Å². The van der Waals surface area contributed by atoms with E-state index in [-0.39, 0.29) is 11.8 Å².